The number of halogens is 1. The Kier molecular flexibility index (Phi) is 2.31. The van der Waals surface area contributed by atoms with Gasteiger partial charge in [-0.05, 0) is 36.0 Å². The van der Waals surface area contributed by atoms with E-state index < -0.39 is 0 Å². The predicted molar refractivity (Wildman–Crippen MR) is 55.3 cm³/mol. The lowest BCUT2D eigenvalue weighted by Crippen LogP contribution is -2.37. The molecule has 0 aromatic heterocycles. The van der Waals surface area contributed by atoms with Crippen molar-refractivity contribution < 1.29 is 4.39 Å². The van der Waals surface area contributed by atoms with Gasteiger partial charge in [-0.25, -0.2) is 4.39 Å². The van der Waals surface area contributed by atoms with E-state index in [0.717, 1.165) is 5.56 Å². The summed E-state index contributed by atoms with van der Waals surface area (Å²) in [5.74, 6) is -0.195. The highest BCUT2D eigenvalue weighted by Crippen LogP contribution is 2.48. The summed E-state index contributed by atoms with van der Waals surface area (Å²) in [5, 5.41) is 0. The summed E-state index contributed by atoms with van der Waals surface area (Å²) in [6.07, 6.45) is 3.64. The molecule has 0 heterocycles. The topological polar surface area (TPSA) is 26.0 Å². The second-order valence-corrected chi connectivity index (χ2v) is 4.54. The molecule has 76 valence electrons. The van der Waals surface area contributed by atoms with Crippen LogP contribution in [-0.4, -0.2) is 0 Å². The van der Waals surface area contributed by atoms with Gasteiger partial charge in [0.1, 0.15) is 5.82 Å². The number of nitrogens with two attached hydrogens (primary N) is 1. The molecule has 0 bridgehead atoms. The molecule has 0 amide bonds. The van der Waals surface area contributed by atoms with E-state index >= 15 is 0 Å². The number of benzene rings is 1. The van der Waals surface area contributed by atoms with Crippen LogP contribution in [0.4, 0.5) is 4.39 Å². The minimum atomic E-state index is -0.195. The van der Waals surface area contributed by atoms with E-state index in [4.69, 9.17) is 5.73 Å². The van der Waals surface area contributed by atoms with Crippen molar-refractivity contribution in [1.82, 2.24) is 0 Å². The molecule has 14 heavy (non-hydrogen) atoms. The molecule has 0 spiro atoms. The fourth-order valence-electron chi connectivity index (χ4n) is 2.12. The SMILES string of the molecule is CC1(C(N)c2ccc(F)cc2)CCC1. The Hall–Kier alpha value is -0.890. The van der Waals surface area contributed by atoms with Gasteiger partial charge in [0, 0.05) is 6.04 Å². The van der Waals surface area contributed by atoms with Crippen molar-refractivity contribution in [2.75, 3.05) is 0 Å². The minimum absolute atomic E-state index is 0.0526. The number of hydrogen-bond donors (Lipinski definition) is 1. The average molecular weight is 193 g/mol. The van der Waals surface area contributed by atoms with E-state index in [0.29, 0.717) is 0 Å². The normalized spacial score (nSPS) is 21.4. The predicted octanol–water partition coefficient (Wildman–Crippen LogP) is 3.02. The Morgan fingerprint density at radius 3 is 2.29 bits per heavy atom. The first-order valence-electron chi connectivity index (χ1n) is 5.13. The summed E-state index contributed by atoms with van der Waals surface area (Å²) in [5.41, 5.74) is 7.45. The Labute approximate surface area is 84.1 Å². The maximum absolute atomic E-state index is 12.7. The summed E-state index contributed by atoms with van der Waals surface area (Å²) in [4.78, 5) is 0. The van der Waals surface area contributed by atoms with Gasteiger partial charge in [0.05, 0.1) is 0 Å². The van der Waals surface area contributed by atoms with Gasteiger partial charge in [0.15, 0.2) is 0 Å². The Morgan fingerprint density at radius 2 is 1.86 bits per heavy atom. The van der Waals surface area contributed by atoms with Crippen LogP contribution in [0.1, 0.15) is 37.8 Å². The third-order valence-electron chi connectivity index (χ3n) is 3.48. The van der Waals surface area contributed by atoms with Crippen LogP contribution < -0.4 is 5.73 Å². The fraction of sp³-hybridized carbons (Fsp3) is 0.500. The lowest BCUT2D eigenvalue weighted by Gasteiger charge is -2.43. The van der Waals surface area contributed by atoms with Crippen molar-refractivity contribution in [3.8, 4) is 0 Å². The second-order valence-electron chi connectivity index (χ2n) is 4.54. The van der Waals surface area contributed by atoms with E-state index in [1.165, 1.54) is 31.4 Å². The molecular formula is C12H16FN. The molecule has 1 atom stereocenters. The van der Waals surface area contributed by atoms with Crippen LogP contribution in [0, 0.1) is 11.2 Å². The summed E-state index contributed by atoms with van der Waals surface area (Å²) in [6, 6.07) is 6.61. The standard InChI is InChI=1S/C12H16FN/c1-12(7-2-8-12)11(14)9-3-5-10(13)6-4-9/h3-6,11H,2,7-8,14H2,1H3. The maximum atomic E-state index is 12.7. The highest BCUT2D eigenvalue weighted by Gasteiger charge is 2.38. The zero-order valence-electron chi connectivity index (χ0n) is 8.46. The molecular weight excluding hydrogens is 177 g/mol. The lowest BCUT2D eigenvalue weighted by molar-refractivity contribution is 0.119. The molecule has 1 aliphatic rings. The van der Waals surface area contributed by atoms with Crippen molar-refractivity contribution in [3.05, 3.63) is 35.6 Å². The molecule has 0 saturated heterocycles. The van der Waals surface area contributed by atoms with Gasteiger partial charge in [-0.1, -0.05) is 25.5 Å². The quantitative estimate of drug-likeness (QED) is 0.767. The van der Waals surface area contributed by atoms with Crippen molar-refractivity contribution in [2.24, 2.45) is 11.1 Å². The third-order valence-corrected chi connectivity index (χ3v) is 3.48. The first kappa shape index (κ1) is 9.66. The van der Waals surface area contributed by atoms with Gasteiger partial charge in [-0.3, -0.25) is 0 Å². The van der Waals surface area contributed by atoms with E-state index in [1.54, 1.807) is 12.1 Å². The van der Waals surface area contributed by atoms with Crippen LogP contribution in [-0.2, 0) is 0 Å². The molecule has 2 heteroatoms. The van der Waals surface area contributed by atoms with Crippen molar-refractivity contribution in [1.29, 1.82) is 0 Å². The van der Waals surface area contributed by atoms with E-state index in [-0.39, 0.29) is 17.3 Å². The minimum Gasteiger partial charge on any atom is -0.323 e. The van der Waals surface area contributed by atoms with Gasteiger partial charge < -0.3 is 5.73 Å². The molecule has 1 saturated carbocycles. The molecule has 2 N–H and O–H groups in total. The molecule has 1 aromatic carbocycles. The summed E-state index contributed by atoms with van der Waals surface area (Å²) >= 11 is 0. The summed E-state index contributed by atoms with van der Waals surface area (Å²) in [7, 11) is 0. The zero-order chi connectivity index (χ0) is 10.2. The smallest absolute Gasteiger partial charge is 0.123 e. The van der Waals surface area contributed by atoms with E-state index in [9.17, 15) is 4.39 Å². The van der Waals surface area contributed by atoms with Gasteiger partial charge in [0.25, 0.3) is 0 Å². The maximum Gasteiger partial charge on any atom is 0.123 e. The van der Waals surface area contributed by atoms with Crippen molar-refractivity contribution in [2.45, 2.75) is 32.2 Å². The Bertz CT molecular complexity index is 314. The second kappa shape index (κ2) is 3.35. The van der Waals surface area contributed by atoms with Crippen LogP contribution in [0.25, 0.3) is 0 Å². The summed E-state index contributed by atoms with van der Waals surface area (Å²) < 4.78 is 12.7. The third kappa shape index (κ3) is 1.55. The van der Waals surface area contributed by atoms with Crippen LogP contribution >= 0.6 is 0 Å². The first-order chi connectivity index (χ1) is 6.62. The van der Waals surface area contributed by atoms with Crippen LogP contribution in [0.3, 0.4) is 0 Å². The summed E-state index contributed by atoms with van der Waals surface area (Å²) in [6.45, 7) is 2.21. The molecule has 0 radical (unpaired) electrons. The number of rotatable bonds is 2. The van der Waals surface area contributed by atoms with E-state index in [2.05, 4.69) is 6.92 Å². The molecule has 1 nitrogen and oxygen atoms in total. The average Bonchev–Trinajstić information content (AvgIpc) is 2.14. The number of hydrogen-bond acceptors (Lipinski definition) is 1. The van der Waals surface area contributed by atoms with Crippen LogP contribution in [0.5, 0.6) is 0 Å². The van der Waals surface area contributed by atoms with Gasteiger partial charge >= 0.3 is 0 Å². The molecule has 1 aromatic rings. The first-order valence-corrected chi connectivity index (χ1v) is 5.13. The molecule has 2 rings (SSSR count). The highest BCUT2D eigenvalue weighted by molar-refractivity contribution is 5.22. The molecule has 1 unspecified atom stereocenters. The Balaban J connectivity index is 2.18. The zero-order valence-corrected chi connectivity index (χ0v) is 8.46. The monoisotopic (exact) mass is 193 g/mol. The van der Waals surface area contributed by atoms with E-state index in [1.807, 2.05) is 0 Å². The van der Waals surface area contributed by atoms with Crippen molar-refractivity contribution >= 4 is 0 Å². The van der Waals surface area contributed by atoms with Crippen LogP contribution in [0.2, 0.25) is 0 Å². The lowest BCUT2D eigenvalue weighted by atomic mass is 9.64. The molecule has 1 fully saturated rings. The molecule has 1 aliphatic carbocycles. The van der Waals surface area contributed by atoms with Crippen molar-refractivity contribution in [3.63, 3.8) is 0 Å². The highest BCUT2D eigenvalue weighted by atomic mass is 19.1. The molecule has 0 aliphatic heterocycles. The Morgan fingerprint density at radius 1 is 1.29 bits per heavy atom. The van der Waals surface area contributed by atoms with Gasteiger partial charge in [-0.15, -0.1) is 0 Å². The van der Waals surface area contributed by atoms with Gasteiger partial charge in [-0.2, -0.15) is 0 Å². The van der Waals surface area contributed by atoms with Gasteiger partial charge in [0.2, 0.25) is 0 Å². The fourth-order valence-corrected chi connectivity index (χ4v) is 2.12. The van der Waals surface area contributed by atoms with Crippen LogP contribution in [0.15, 0.2) is 24.3 Å². The largest absolute Gasteiger partial charge is 0.323 e.